The van der Waals surface area contributed by atoms with Crippen LogP contribution in [0.1, 0.15) is 37.0 Å². The maximum absolute atomic E-state index is 11.5. The van der Waals surface area contributed by atoms with Gasteiger partial charge in [0.15, 0.2) is 8.32 Å². The molecule has 1 aromatic carbocycles. The monoisotopic (exact) mass is 388 g/mol. The van der Waals surface area contributed by atoms with Crippen molar-refractivity contribution in [2.45, 2.75) is 44.8 Å². The van der Waals surface area contributed by atoms with Gasteiger partial charge < -0.3 is 14.3 Å². The van der Waals surface area contributed by atoms with Crippen molar-refractivity contribution in [1.29, 1.82) is 0 Å². The number of rotatable bonds is 7. The first-order chi connectivity index (χ1) is 10.1. The molecule has 1 rings (SSSR count). The zero-order valence-electron chi connectivity index (χ0n) is 13.9. The lowest BCUT2D eigenvalue weighted by atomic mass is 10.1. The normalized spacial score (nSPS) is 12.1. The number of carbonyl (C=O) groups excluding carboxylic acids is 1. The minimum Gasteiger partial charge on any atom is -0.492 e. The Morgan fingerprint density at radius 1 is 1.36 bits per heavy atom. The number of methoxy groups -OCH3 is 1. The predicted octanol–water partition coefficient (Wildman–Crippen LogP) is 4.37. The summed E-state index contributed by atoms with van der Waals surface area (Å²) in [4.78, 5) is 21.8. The van der Waals surface area contributed by atoms with Crippen molar-refractivity contribution in [3.05, 3.63) is 28.2 Å². The van der Waals surface area contributed by atoms with Gasteiger partial charge in [0.1, 0.15) is 5.75 Å². The van der Waals surface area contributed by atoms with Crippen LogP contribution in [0.5, 0.6) is 5.75 Å². The number of esters is 1. The highest BCUT2D eigenvalue weighted by molar-refractivity contribution is 9.10. The second kappa shape index (κ2) is 7.61. The fourth-order valence-electron chi connectivity index (χ4n) is 1.86. The van der Waals surface area contributed by atoms with Gasteiger partial charge in [0.2, 0.25) is 0 Å². The van der Waals surface area contributed by atoms with E-state index in [1.165, 1.54) is 7.11 Å². The molecule has 0 aliphatic carbocycles. The summed E-state index contributed by atoms with van der Waals surface area (Å²) in [5, 5.41) is -0.0541. The Bertz CT molecular complexity index is 523. The van der Waals surface area contributed by atoms with E-state index in [1.54, 1.807) is 18.2 Å². The van der Waals surface area contributed by atoms with Gasteiger partial charge in [0.05, 0.1) is 23.8 Å². The van der Waals surface area contributed by atoms with Crippen LogP contribution in [0.4, 0.5) is 0 Å². The van der Waals surface area contributed by atoms with Crippen LogP contribution in [0, 0.1) is 0 Å². The van der Waals surface area contributed by atoms with Crippen molar-refractivity contribution in [2.75, 3.05) is 13.7 Å². The largest absolute Gasteiger partial charge is 0.492 e. The fraction of sp³-hybridized carbons (Fsp3) is 0.562. The zero-order chi connectivity index (χ0) is 17.0. The van der Waals surface area contributed by atoms with Gasteiger partial charge in [-0.15, -0.1) is 0 Å². The molecular formula is C16H25BrO4Si. The van der Waals surface area contributed by atoms with Crippen LogP contribution >= 0.6 is 15.9 Å². The van der Waals surface area contributed by atoms with Gasteiger partial charge >= 0.3 is 5.97 Å². The van der Waals surface area contributed by atoms with Crippen LogP contribution < -0.4 is 4.74 Å². The van der Waals surface area contributed by atoms with Crippen LogP contribution in [-0.4, -0.2) is 32.8 Å². The van der Waals surface area contributed by atoms with E-state index in [0.717, 1.165) is 17.3 Å². The van der Waals surface area contributed by atoms with Gasteiger partial charge in [-0.2, -0.15) is 0 Å². The lowest BCUT2D eigenvalue weighted by Crippen LogP contribution is -2.39. The van der Waals surface area contributed by atoms with E-state index in [1.807, 2.05) is 13.1 Å². The van der Waals surface area contributed by atoms with Crippen LogP contribution in [0.3, 0.4) is 0 Å². The predicted molar refractivity (Wildman–Crippen MR) is 94.0 cm³/mol. The molecule has 22 heavy (non-hydrogen) atoms. The molecule has 0 atom stereocenters. The first-order valence-electron chi connectivity index (χ1n) is 7.31. The van der Waals surface area contributed by atoms with Crippen molar-refractivity contribution in [3.63, 3.8) is 0 Å². The third kappa shape index (κ3) is 5.10. The van der Waals surface area contributed by atoms with Gasteiger partial charge in [-0.1, -0.05) is 13.8 Å². The molecule has 0 amide bonds. The third-order valence-electron chi connectivity index (χ3n) is 4.21. The maximum atomic E-state index is 11.5. The van der Waals surface area contributed by atoms with Crippen molar-refractivity contribution >= 4 is 30.2 Å². The molecule has 0 bridgehead atoms. The van der Waals surface area contributed by atoms with Crippen molar-refractivity contribution in [3.8, 4) is 5.75 Å². The molecule has 0 radical (unpaired) electrons. The van der Waals surface area contributed by atoms with Crippen LogP contribution in [0.25, 0.3) is 0 Å². The van der Waals surface area contributed by atoms with E-state index >= 15 is 0 Å². The smallest absolute Gasteiger partial charge is 0.337 e. The second-order valence-electron chi connectivity index (χ2n) is 6.53. The Morgan fingerprint density at radius 3 is 2.55 bits per heavy atom. The van der Waals surface area contributed by atoms with E-state index in [4.69, 9.17) is 9.47 Å². The van der Waals surface area contributed by atoms with Crippen molar-refractivity contribution < 1.29 is 19.1 Å². The van der Waals surface area contributed by atoms with Crippen LogP contribution in [0.15, 0.2) is 22.7 Å². The van der Waals surface area contributed by atoms with E-state index < -0.39 is 8.32 Å². The Hall–Kier alpha value is -0.853. The van der Waals surface area contributed by atoms with Gasteiger partial charge in [-0.25, -0.2) is 4.79 Å². The second-order valence-corrected chi connectivity index (χ2v) is 11.9. The SMILES string of the molecule is COC(=O)c1ccc(Br)c(OCCCC(C)(C)[Si](C)(C)O)c1. The Morgan fingerprint density at radius 2 is 2.00 bits per heavy atom. The summed E-state index contributed by atoms with van der Waals surface area (Å²) in [6.07, 6.45) is 1.75. The van der Waals surface area contributed by atoms with Gasteiger partial charge in [0, 0.05) is 0 Å². The first kappa shape index (κ1) is 19.2. The molecule has 0 saturated heterocycles. The molecule has 0 heterocycles. The molecule has 4 nitrogen and oxygen atoms in total. The highest BCUT2D eigenvalue weighted by Crippen LogP contribution is 2.39. The number of hydrogen-bond acceptors (Lipinski definition) is 4. The Labute approximate surface area is 142 Å². The standard InChI is InChI=1S/C16H25BrO4Si/c1-16(2,22(4,5)19)9-6-10-21-14-11-12(15(18)20-3)7-8-13(14)17/h7-8,11,19H,6,9-10H2,1-5H3. The molecule has 0 aliphatic rings. The molecule has 0 saturated carbocycles. The van der Waals surface area contributed by atoms with Crippen molar-refractivity contribution in [1.82, 2.24) is 0 Å². The zero-order valence-corrected chi connectivity index (χ0v) is 16.5. The van der Waals surface area contributed by atoms with Gasteiger partial charge in [0.25, 0.3) is 0 Å². The highest BCUT2D eigenvalue weighted by Gasteiger charge is 2.37. The molecule has 0 spiro atoms. The highest BCUT2D eigenvalue weighted by atomic mass is 79.9. The Balaban J connectivity index is 2.60. The summed E-state index contributed by atoms with van der Waals surface area (Å²) in [6, 6.07) is 5.13. The van der Waals surface area contributed by atoms with E-state index in [2.05, 4.69) is 29.8 Å². The molecule has 0 unspecified atom stereocenters. The minimum absolute atomic E-state index is 0.0541. The van der Waals surface area contributed by atoms with Crippen LogP contribution in [0.2, 0.25) is 18.1 Å². The third-order valence-corrected chi connectivity index (χ3v) is 8.43. The molecular weight excluding hydrogens is 364 g/mol. The van der Waals surface area contributed by atoms with E-state index in [9.17, 15) is 9.59 Å². The topological polar surface area (TPSA) is 55.8 Å². The van der Waals surface area contributed by atoms with E-state index in [-0.39, 0.29) is 11.0 Å². The van der Waals surface area contributed by atoms with Crippen molar-refractivity contribution in [2.24, 2.45) is 0 Å². The number of halogens is 1. The minimum atomic E-state index is -2.18. The molecule has 0 aromatic heterocycles. The maximum Gasteiger partial charge on any atom is 0.337 e. The van der Waals surface area contributed by atoms with Crippen LogP contribution in [-0.2, 0) is 4.74 Å². The molecule has 6 heteroatoms. The molecule has 124 valence electrons. The van der Waals surface area contributed by atoms with Gasteiger partial charge in [-0.05, 0) is 65.1 Å². The molecule has 0 aliphatic heterocycles. The number of ether oxygens (including phenoxy) is 2. The summed E-state index contributed by atoms with van der Waals surface area (Å²) in [5.74, 6) is 0.243. The fourth-order valence-corrected chi connectivity index (χ4v) is 3.01. The summed E-state index contributed by atoms with van der Waals surface area (Å²) >= 11 is 3.41. The Kier molecular flexibility index (Phi) is 6.64. The molecule has 1 N–H and O–H groups in total. The summed E-state index contributed by atoms with van der Waals surface area (Å²) in [6.45, 7) is 8.67. The number of hydrogen-bond donors (Lipinski definition) is 1. The molecule has 1 aromatic rings. The lowest BCUT2D eigenvalue weighted by molar-refractivity contribution is 0.0600. The molecule has 0 fully saturated rings. The number of carbonyl (C=O) groups is 1. The summed E-state index contributed by atoms with van der Waals surface area (Å²) < 4.78 is 11.3. The van der Waals surface area contributed by atoms with E-state index in [0.29, 0.717) is 17.9 Å². The average molecular weight is 389 g/mol. The quantitative estimate of drug-likeness (QED) is 0.427. The lowest BCUT2D eigenvalue weighted by Gasteiger charge is -2.35. The summed E-state index contributed by atoms with van der Waals surface area (Å²) in [5.41, 5.74) is 0.463. The number of benzene rings is 1. The average Bonchev–Trinajstić information content (AvgIpc) is 2.43. The summed E-state index contributed by atoms with van der Waals surface area (Å²) in [7, 11) is -0.825. The van der Waals surface area contributed by atoms with Gasteiger partial charge in [-0.3, -0.25) is 0 Å². The first-order valence-corrected chi connectivity index (χ1v) is 11.1.